The van der Waals surface area contributed by atoms with Gasteiger partial charge >= 0.3 is 0 Å². The van der Waals surface area contributed by atoms with Gasteiger partial charge in [0.2, 0.25) is 11.8 Å². The summed E-state index contributed by atoms with van der Waals surface area (Å²) in [6.45, 7) is 16.4. The largest absolute Gasteiger partial charge is 0.353 e. The summed E-state index contributed by atoms with van der Waals surface area (Å²) in [6.07, 6.45) is 2.50. The van der Waals surface area contributed by atoms with Gasteiger partial charge in [0, 0.05) is 98.0 Å². The van der Waals surface area contributed by atoms with Gasteiger partial charge in [0.05, 0.1) is 17.7 Å². The molecule has 6 aliphatic rings. The van der Waals surface area contributed by atoms with Gasteiger partial charge in [0.15, 0.2) is 16.8 Å². The standard InChI is InChI=1S/C21H21ClN4O3S.C21H21ClN4O2S.2C2H6/c22-17-13-18-15(12-20(27)23-18)11-14(17)5-6-25-7-9-26(10-8-25)21-16-3-1-2-4-19(16)30(28,29)24-21;22-17-13-18-15(12-20(27)23-18)11-14(17)5-6-25-7-9-26(10-8-25)21-16-3-1-2-4-19(16)29(28)24-21;2*1-2/h1-4,11,13H,5-10,12H2,(H,23,27);1-4,11,13H,5-10,12H2,(H,23,27);2*1-2H3. The molecule has 4 aromatic rings. The Balaban J connectivity index is 0.000000175. The zero-order chi connectivity index (χ0) is 44.8. The quantitative estimate of drug-likeness (QED) is 0.217. The molecule has 0 aromatic heterocycles. The van der Waals surface area contributed by atoms with Crippen LogP contribution in [0.1, 0.15) is 61.1 Å². The van der Waals surface area contributed by atoms with Gasteiger partial charge in [-0.05, 0) is 71.5 Å². The molecule has 2 amide bonds. The maximum atomic E-state index is 12.3. The van der Waals surface area contributed by atoms with Gasteiger partial charge in [-0.15, -0.1) is 4.40 Å². The van der Waals surface area contributed by atoms with E-state index < -0.39 is 21.0 Å². The molecular weight excluding hydrogens is 880 g/mol. The Bertz CT molecular complexity index is 2570. The van der Waals surface area contributed by atoms with E-state index in [4.69, 9.17) is 23.2 Å². The Morgan fingerprint density at radius 3 is 1.62 bits per heavy atom. The lowest BCUT2D eigenvalue weighted by molar-refractivity contribution is -0.115. The summed E-state index contributed by atoms with van der Waals surface area (Å²) in [5.41, 5.74) is 7.52. The molecule has 2 saturated heterocycles. The summed E-state index contributed by atoms with van der Waals surface area (Å²) in [5.74, 6) is 1.45. The monoisotopic (exact) mass is 932 g/mol. The maximum absolute atomic E-state index is 12.3. The Hall–Kier alpha value is -4.64. The maximum Gasteiger partial charge on any atom is 0.285 e. The summed E-state index contributed by atoms with van der Waals surface area (Å²) in [6, 6.07) is 22.6. The number of anilines is 2. The summed E-state index contributed by atoms with van der Waals surface area (Å²) >= 11 is 12.8. The summed E-state index contributed by atoms with van der Waals surface area (Å²) < 4.78 is 45.2. The van der Waals surface area contributed by atoms with Crippen LogP contribution in [0.4, 0.5) is 11.4 Å². The second-order valence-corrected chi connectivity index (χ2v) is 18.9. The van der Waals surface area contributed by atoms with E-state index >= 15 is 0 Å². The average molecular weight is 934 g/mol. The van der Waals surface area contributed by atoms with Crippen LogP contribution in [0.2, 0.25) is 10.0 Å². The van der Waals surface area contributed by atoms with Crippen molar-refractivity contribution in [3.63, 3.8) is 0 Å². The van der Waals surface area contributed by atoms with Crippen molar-refractivity contribution < 1.29 is 22.2 Å². The smallest absolute Gasteiger partial charge is 0.285 e. The summed E-state index contributed by atoms with van der Waals surface area (Å²) in [5, 5.41) is 7.05. The zero-order valence-corrected chi connectivity index (χ0v) is 39.3. The van der Waals surface area contributed by atoms with Crippen molar-refractivity contribution in [1.29, 1.82) is 0 Å². The topological polar surface area (TPSA) is 147 Å². The van der Waals surface area contributed by atoms with Gasteiger partial charge in [0.1, 0.15) is 10.7 Å². The molecule has 0 saturated carbocycles. The normalized spacial score (nSPS) is 19.4. The molecule has 10 rings (SSSR count). The molecular formula is C46H54Cl2N8O5S2. The number of rotatable bonds is 6. The van der Waals surface area contributed by atoms with Gasteiger partial charge in [-0.3, -0.25) is 19.4 Å². The Kier molecular flexibility index (Phi) is 15.1. The molecule has 6 heterocycles. The highest BCUT2D eigenvalue weighted by atomic mass is 35.5. The third kappa shape index (κ3) is 10.3. The molecule has 0 radical (unpaired) electrons. The van der Waals surface area contributed by atoms with Crippen molar-refractivity contribution in [2.24, 2.45) is 8.80 Å². The van der Waals surface area contributed by atoms with Crippen LogP contribution in [0.15, 0.2) is 91.4 Å². The van der Waals surface area contributed by atoms with E-state index in [9.17, 15) is 22.2 Å². The van der Waals surface area contributed by atoms with Gasteiger partial charge in [0.25, 0.3) is 10.0 Å². The van der Waals surface area contributed by atoms with E-state index in [1.807, 2.05) is 82.3 Å². The fraction of sp³-hybridized carbons (Fsp3) is 0.391. The first-order valence-electron chi connectivity index (χ1n) is 21.7. The molecule has 2 N–H and O–H groups in total. The van der Waals surface area contributed by atoms with Crippen molar-refractivity contribution in [3.8, 4) is 0 Å². The highest BCUT2D eigenvalue weighted by Gasteiger charge is 2.33. The molecule has 0 spiro atoms. The molecule has 13 nitrogen and oxygen atoms in total. The number of halogens is 2. The molecule has 4 aromatic carbocycles. The van der Waals surface area contributed by atoms with Crippen molar-refractivity contribution in [2.75, 3.05) is 76.1 Å². The fourth-order valence-electron chi connectivity index (χ4n) is 8.43. The van der Waals surface area contributed by atoms with Crippen LogP contribution >= 0.6 is 23.2 Å². The predicted octanol–water partition coefficient (Wildman–Crippen LogP) is 6.67. The van der Waals surface area contributed by atoms with Gasteiger partial charge < -0.3 is 20.4 Å². The van der Waals surface area contributed by atoms with Crippen molar-refractivity contribution in [3.05, 3.63) is 116 Å². The number of carbonyl (C=O) groups excluding carboxylic acids is 2. The summed E-state index contributed by atoms with van der Waals surface area (Å²) in [7, 11) is -4.87. The number of nitrogens with zero attached hydrogens (tertiary/aromatic N) is 6. The lowest BCUT2D eigenvalue weighted by Crippen LogP contribution is -2.49. The van der Waals surface area contributed by atoms with Crippen molar-refractivity contribution in [2.45, 2.75) is 63.2 Å². The van der Waals surface area contributed by atoms with Crippen LogP contribution in [-0.4, -0.2) is 121 Å². The number of fused-ring (bicyclic) bond motifs is 4. The second kappa shape index (κ2) is 20.5. The second-order valence-electron chi connectivity index (χ2n) is 15.4. The molecule has 17 heteroatoms. The Morgan fingerprint density at radius 2 is 1.10 bits per heavy atom. The number of carbonyl (C=O) groups is 2. The first kappa shape index (κ1) is 46.4. The van der Waals surface area contributed by atoms with E-state index in [0.717, 1.165) is 128 Å². The predicted molar refractivity (Wildman–Crippen MR) is 253 cm³/mol. The van der Waals surface area contributed by atoms with Crippen LogP contribution in [0.25, 0.3) is 0 Å². The van der Waals surface area contributed by atoms with Crippen LogP contribution in [-0.2, 0) is 56.3 Å². The first-order valence-corrected chi connectivity index (χ1v) is 25.0. The molecule has 2 fully saturated rings. The van der Waals surface area contributed by atoms with E-state index in [1.54, 1.807) is 12.1 Å². The lowest BCUT2D eigenvalue weighted by atomic mass is 10.1. The lowest BCUT2D eigenvalue weighted by Gasteiger charge is -2.35. The molecule has 1 atom stereocenters. The molecule has 6 aliphatic heterocycles. The molecule has 0 bridgehead atoms. The number of amides is 2. The molecule has 1 unspecified atom stereocenters. The third-order valence-corrected chi connectivity index (χ3v) is 14.7. The highest BCUT2D eigenvalue weighted by Crippen LogP contribution is 2.33. The van der Waals surface area contributed by atoms with Crippen LogP contribution in [0.3, 0.4) is 0 Å². The third-order valence-electron chi connectivity index (χ3n) is 11.6. The van der Waals surface area contributed by atoms with E-state index in [0.29, 0.717) is 39.2 Å². The van der Waals surface area contributed by atoms with Gasteiger partial charge in [-0.25, -0.2) is 4.21 Å². The van der Waals surface area contributed by atoms with E-state index in [-0.39, 0.29) is 11.8 Å². The molecule has 63 heavy (non-hydrogen) atoms. The molecule has 334 valence electrons. The van der Waals surface area contributed by atoms with Crippen LogP contribution < -0.4 is 10.6 Å². The number of amidine groups is 2. The number of piperazine rings is 2. The van der Waals surface area contributed by atoms with Crippen molar-refractivity contribution >= 4 is 79.1 Å². The number of hydrogen-bond acceptors (Lipinski definition) is 9. The number of hydrogen-bond donors (Lipinski definition) is 2. The van der Waals surface area contributed by atoms with Crippen LogP contribution in [0, 0.1) is 0 Å². The number of sulfonamides is 1. The Morgan fingerprint density at radius 1 is 0.635 bits per heavy atom. The SMILES string of the molecule is CC.CC.O=C1Cc2cc(CCN3CCN(C4=NS(=O)(=O)c5ccccc54)CC3)c(Cl)cc2N1.O=C1Cc2cc(CCN3CCN(C4=NS(=O)c5ccccc54)CC3)c(Cl)cc2N1. The minimum absolute atomic E-state index is 0.00718. The Labute approximate surface area is 383 Å². The minimum Gasteiger partial charge on any atom is -0.353 e. The average Bonchev–Trinajstić information content (AvgIpc) is 4.03. The summed E-state index contributed by atoms with van der Waals surface area (Å²) in [4.78, 5) is 33.3. The van der Waals surface area contributed by atoms with Crippen molar-refractivity contribution in [1.82, 2.24) is 19.6 Å². The zero-order valence-electron chi connectivity index (χ0n) is 36.1. The van der Waals surface area contributed by atoms with E-state index in [1.165, 1.54) is 0 Å². The molecule has 0 aliphatic carbocycles. The highest BCUT2D eigenvalue weighted by molar-refractivity contribution is 7.90. The number of benzene rings is 4. The van der Waals surface area contributed by atoms with Gasteiger partial charge in [-0.1, -0.05) is 87.3 Å². The van der Waals surface area contributed by atoms with Gasteiger partial charge in [-0.2, -0.15) is 12.8 Å². The van der Waals surface area contributed by atoms with E-state index in [2.05, 4.69) is 45.1 Å². The minimum atomic E-state index is -3.59. The fourth-order valence-corrected chi connectivity index (χ4v) is 11.2. The number of nitrogens with one attached hydrogen (secondary N) is 2. The van der Waals surface area contributed by atoms with Crippen LogP contribution in [0.5, 0.6) is 0 Å². The first-order chi connectivity index (χ1) is 30.5.